The Kier molecular flexibility index (Phi) is 5.42. The van der Waals surface area contributed by atoms with Crippen LogP contribution in [-0.4, -0.2) is 17.4 Å². The molecule has 0 atom stereocenters. The van der Waals surface area contributed by atoms with E-state index in [1.165, 1.54) is 16.9 Å². The fraction of sp³-hybridized carbons (Fsp3) is 0.0909. The van der Waals surface area contributed by atoms with Crippen LogP contribution >= 0.6 is 22.7 Å². The molecule has 1 amide bonds. The van der Waals surface area contributed by atoms with Crippen molar-refractivity contribution < 1.29 is 4.79 Å². The number of hydrogen-bond acceptors (Lipinski definition) is 4. The van der Waals surface area contributed by atoms with Gasteiger partial charge in [-0.1, -0.05) is 48.5 Å². The van der Waals surface area contributed by atoms with E-state index in [0.29, 0.717) is 12.2 Å². The van der Waals surface area contributed by atoms with E-state index in [0.717, 1.165) is 22.7 Å². The number of rotatable bonds is 6. The van der Waals surface area contributed by atoms with Crippen LogP contribution in [0.2, 0.25) is 0 Å². The summed E-state index contributed by atoms with van der Waals surface area (Å²) in [4.78, 5) is 19.6. The summed E-state index contributed by atoms with van der Waals surface area (Å²) in [5.74, 6) is -0.0603. The first-order chi connectivity index (χ1) is 13.3. The molecule has 0 aliphatic heterocycles. The molecule has 0 unspecified atom stereocenters. The van der Waals surface area contributed by atoms with Gasteiger partial charge in [0.1, 0.15) is 10.7 Å². The van der Waals surface area contributed by atoms with Crippen LogP contribution in [0.15, 0.2) is 82.9 Å². The summed E-state index contributed by atoms with van der Waals surface area (Å²) in [6.45, 7) is 0.609. The minimum Gasteiger partial charge on any atom is -0.307 e. The zero-order chi connectivity index (χ0) is 18.5. The molecule has 134 valence electrons. The predicted molar refractivity (Wildman–Crippen MR) is 114 cm³/mol. The highest BCUT2D eigenvalue weighted by atomic mass is 32.1. The molecule has 3 nitrogen and oxygen atoms in total. The van der Waals surface area contributed by atoms with Crippen LogP contribution < -0.4 is 4.90 Å². The summed E-state index contributed by atoms with van der Waals surface area (Å²) in [7, 11) is 0. The summed E-state index contributed by atoms with van der Waals surface area (Å²) in [5, 5.41) is 6.82. The van der Waals surface area contributed by atoms with Crippen LogP contribution in [0, 0.1) is 0 Å². The second-order valence-corrected chi connectivity index (χ2v) is 7.72. The molecule has 0 fully saturated rings. The van der Waals surface area contributed by atoms with E-state index >= 15 is 0 Å². The maximum atomic E-state index is 13.2. The highest BCUT2D eigenvalue weighted by Crippen LogP contribution is 2.27. The van der Waals surface area contributed by atoms with E-state index in [9.17, 15) is 4.79 Å². The molecule has 0 saturated carbocycles. The number of carbonyl (C=O) groups is 1. The highest BCUT2D eigenvalue weighted by Gasteiger charge is 2.20. The van der Waals surface area contributed by atoms with Crippen molar-refractivity contribution in [3.05, 3.63) is 94.1 Å². The second-order valence-electron chi connectivity index (χ2n) is 6.08. The van der Waals surface area contributed by atoms with Crippen molar-refractivity contribution in [1.82, 2.24) is 4.98 Å². The number of carbonyl (C=O) groups excluding carboxylic acids is 1. The zero-order valence-corrected chi connectivity index (χ0v) is 16.2. The van der Waals surface area contributed by atoms with Gasteiger partial charge in [0, 0.05) is 28.6 Å². The summed E-state index contributed by atoms with van der Waals surface area (Å²) >= 11 is 3.14. The Balaban J connectivity index is 1.59. The van der Waals surface area contributed by atoms with E-state index in [4.69, 9.17) is 0 Å². The number of benzene rings is 2. The predicted octanol–water partition coefficient (Wildman–Crippen LogP) is 5.76. The number of thiazole rings is 1. The Morgan fingerprint density at radius 1 is 0.926 bits per heavy atom. The van der Waals surface area contributed by atoms with Gasteiger partial charge in [0.2, 0.25) is 0 Å². The topological polar surface area (TPSA) is 33.2 Å². The van der Waals surface area contributed by atoms with Crippen molar-refractivity contribution in [2.24, 2.45) is 0 Å². The summed E-state index contributed by atoms with van der Waals surface area (Å²) in [5.41, 5.74) is 3.67. The van der Waals surface area contributed by atoms with Gasteiger partial charge in [0.15, 0.2) is 0 Å². The van der Waals surface area contributed by atoms with Crippen molar-refractivity contribution in [3.8, 4) is 10.6 Å². The van der Waals surface area contributed by atoms with E-state index in [2.05, 4.69) is 22.5 Å². The third kappa shape index (κ3) is 4.15. The minimum atomic E-state index is -0.0603. The van der Waals surface area contributed by atoms with E-state index in [-0.39, 0.29) is 5.91 Å². The highest BCUT2D eigenvalue weighted by molar-refractivity contribution is 7.14. The lowest BCUT2D eigenvalue weighted by molar-refractivity contribution is 0.0983. The van der Waals surface area contributed by atoms with Crippen molar-refractivity contribution in [1.29, 1.82) is 0 Å². The Hall–Kier alpha value is -2.76. The molecular formula is C22H18N2OS2. The summed E-state index contributed by atoms with van der Waals surface area (Å²) in [6.07, 6.45) is 0.795. The molecule has 0 aliphatic carbocycles. The molecule has 0 spiro atoms. The lowest BCUT2D eigenvalue weighted by Gasteiger charge is -2.22. The summed E-state index contributed by atoms with van der Waals surface area (Å²) in [6, 6.07) is 22.1. The Morgan fingerprint density at radius 3 is 2.37 bits per heavy atom. The van der Waals surface area contributed by atoms with E-state index < -0.39 is 0 Å². The number of thiophene rings is 1. The fourth-order valence-corrected chi connectivity index (χ4v) is 4.38. The molecule has 0 bridgehead atoms. The first-order valence-corrected chi connectivity index (χ1v) is 10.5. The van der Waals surface area contributed by atoms with Gasteiger partial charge in [-0.3, -0.25) is 4.79 Å². The van der Waals surface area contributed by atoms with E-state index in [1.54, 1.807) is 11.3 Å². The van der Waals surface area contributed by atoms with Gasteiger partial charge in [0.25, 0.3) is 5.91 Å². The third-order valence-electron chi connectivity index (χ3n) is 4.27. The second kappa shape index (κ2) is 8.29. The minimum absolute atomic E-state index is 0.0603. The Labute approximate surface area is 166 Å². The lowest BCUT2D eigenvalue weighted by Crippen LogP contribution is -2.33. The maximum absolute atomic E-state index is 13.2. The average Bonchev–Trinajstić information content (AvgIpc) is 3.41. The zero-order valence-electron chi connectivity index (χ0n) is 14.6. The molecule has 0 saturated heterocycles. The van der Waals surface area contributed by atoms with Crippen molar-refractivity contribution >= 4 is 34.3 Å². The van der Waals surface area contributed by atoms with Crippen molar-refractivity contribution in [3.63, 3.8) is 0 Å². The van der Waals surface area contributed by atoms with Crippen LogP contribution in [0.5, 0.6) is 0 Å². The number of amides is 1. The number of para-hydroxylation sites is 1. The SMILES string of the molecule is O=C(c1csc(-c2ccsc2)n1)N(CCc1ccccc1)c1ccccc1. The largest absolute Gasteiger partial charge is 0.307 e. The van der Waals surface area contributed by atoms with Gasteiger partial charge in [-0.05, 0) is 35.6 Å². The quantitative estimate of drug-likeness (QED) is 0.419. The van der Waals surface area contributed by atoms with E-state index in [1.807, 2.05) is 70.3 Å². The molecule has 2 heterocycles. The summed E-state index contributed by atoms with van der Waals surface area (Å²) < 4.78 is 0. The Morgan fingerprint density at radius 2 is 1.67 bits per heavy atom. The van der Waals surface area contributed by atoms with Crippen LogP contribution in [0.1, 0.15) is 16.1 Å². The first kappa shape index (κ1) is 17.6. The van der Waals surface area contributed by atoms with Crippen LogP contribution in [0.25, 0.3) is 10.6 Å². The number of anilines is 1. The standard InChI is InChI=1S/C22H18N2OS2/c25-22(20-16-27-21(23-20)18-12-14-26-15-18)24(19-9-5-2-6-10-19)13-11-17-7-3-1-4-8-17/h1-10,12,14-16H,11,13H2. The van der Waals surface area contributed by atoms with Crippen molar-refractivity contribution in [2.75, 3.05) is 11.4 Å². The number of nitrogens with zero attached hydrogens (tertiary/aromatic N) is 2. The maximum Gasteiger partial charge on any atom is 0.277 e. The van der Waals surface area contributed by atoms with Crippen LogP contribution in [0.3, 0.4) is 0 Å². The molecule has 2 aromatic carbocycles. The third-order valence-corrected chi connectivity index (χ3v) is 5.85. The normalized spacial score (nSPS) is 10.7. The molecular weight excluding hydrogens is 372 g/mol. The van der Waals surface area contributed by atoms with Gasteiger partial charge >= 0.3 is 0 Å². The average molecular weight is 391 g/mol. The Bertz CT molecular complexity index is 995. The molecule has 0 radical (unpaired) electrons. The monoisotopic (exact) mass is 390 g/mol. The first-order valence-electron chi connectivity index (χ1n) is 8.70. The van der Waals surface area contributed by atoms with Crippen molar-refractivity contribution in [2.45, 2.75) is 6.42 Å². The lowest BCUT2D eigenvalue weighted by atomic mass is 10.1. The number of aromatic nitrogens is 1. The van der Waals surface area contributed by atoms with Gasteiger partial charge in [0.05, 0.1) is 0 Å². The van der Waals surface area contributed by atoms with Gasteiger partial charge < -0.3 is 4.90 Å². The molecule has 0 N–H and O–H groups in total. The molecule has 0 aliphatic rings. The fourth-order valence-electron chi connectivity index (χ4n) is 2.87. The van der Waals surface area contributed by atoms with Gasteiger partial charge in [-0.25, -0.2) is 4.98 Å². The number of hydrogen-bond donors (Lipinski definition) is 0. The van der Waals surface area contributed by atoms with Crippen LogP contribution in [-0.2, 0) is 6.42 Å². The molecule has 4 aromatic rings. The molecule has 5 heteroatoms. The smallest absolute Gasteiger partial charge is 0.277 e. The molecule has 2 aromatic heterocycles. The van der Waals surface area contributed by atoms with Gasteiger partial charge in [-0.15, -0.1) is 11.3 Å². The van der Waals surface area contributed by atoms with Gasteiger partial charge in [-0.2, -0.15) is 11.3 Å². The molecule has 4 rings (SSSR count). The van der Waals surface area contributed by atoms with Crippen LogP contribution in [0.4, 0.5) is 5.69 Å². The molecule has 27 heavy (non-hydrogen) atoms.